The molecule has 0 aliphatic heterocycles. The Kier molecular flexibility index (Phi) is 5.71. The van der Waals surface area contributed by atoms with Gasteiger partial charge in [-0.05, 0) is 25.5 Å². The third-order valence-electron chi connectivity index (χ3n) is 3.11. The lowest BCUT2D eigenvalue weighted by molar-refractivity contribution is 0.307. The van der Waals surface area contributed by atoms with Crippen LogP contribution in [0.3, 0.4) is 0 Å². The minimum absolute atomic E-state index is 0.467. The number of nitriles is 1. The molecule has 1 heterocycles. The Balaban J connectivity index is 2.64. The molecule has 0 saturated carbocycles. The summed E-state index contributed by atoms with van der Waals surface area (Å²) in [5, 5.41) is 13.3. The first kappa shape index (κ1) is 13.7. The fraction of sp³-hybridized carbons (Fsp3) is 0.692. The molecule has 0 amide bonds. The molecule has 0 spiro atoms. The van der Waals surface area contributed by atoms with Crippen molar-refractivity contribution < 1.29 is 0 Å². The van der Waals surface area contributed by atoms with Crippen LogP contribution in [0.2, 0.25) is 0 Å². The molecule has 1 rings (SSSR count). The summed E-state index contributed by atoms with van der Waals surface area (Å²) in [7, 11) is 0. The molecule has 0 aliphatic carbocycles. The van der Waals surface area contributed by atoms with Crippen LogP contribution in [0.25, 0.3) is 0 Å². The summed E-state index contributed by atoms with van der Waals surface area (Å²) >= 11 is 0. The normalized spacial score (nSPS) is 11.1. The highest BCUT2D eigenvalue weighted by atomic mass is 15.3. The zero-order chi connectivity index (χ0) is 12.7. The molecule has 94 valence electrons. The van der Waals surface area contributed by atoms with Gasteiger partial charge in [-0.25, -0.2) is 0 Å². The Hall–Kier alpha value is -1.34. The van der Waals surface area contributed by atoms with Crippen molar-refractivity contribution in [3.05, 3.63) is 18.0 Å². The SMILES string of the molecule is CCC(CC)n1ccc(CN(CC)CC#N)n1. The molecule has 17 heavy (non-hydrogen) atoms. The van der Waals surface area contributed by atoms with Crippen molar-refractivity contribution in [1.29, 1.82) is 5.26 Å². The number of rotatable bonds is 7. The lowest BCUT2D eigenvalue weighted by atomic mass is 10.2. The monoisotopic (exact) mass is 234 g/mol. The van der Waals surface area contributed by atoms with Crippen LogP contribution in [-0.4, -0.2) is 27.8 Å². The first-order chi connectivity index (χ1) is 8.24. The number of hydrogen-bond acceptors (Lipinski definition) is 3. The second-order valence-electron chi connectivity index (χ2n) is 4.22. The van der Waals surface area contributed by atoms with Crippen molar-refractivity contribution >= 4 is 0 Å². The maximum atomic E-state index is 8.70. The van der Waals surface area contributed by atoms with Gasteiger partial charge in [-0.1, -0.05) is 20.8 Å². The molecule has 0 bridgehead atoms. The fourth-order valence-electron chi connectivity index (χ4n) is 1.94. The van der Waals surface area contributed by atoms with E-state index in [9.17, 15) is 0 Å². The smallest absolute Gasteiger partial charge is 0.0869 e. The molecule has 0 radical (unpaired) electrons. The van der Waals surface area contributed by atoms with Crippen LogP contribution < -0.4 is 0 Å². The maximum Gasteiger partial charge on any atom is 0.0869 e. The molecular weight excluding hydrogens is 212 g/mol. The first-order valence-electron chi connectivity index (χ1n) is 6.38. The molecule has 1 aromatic heterocycles. The van der Waals surface area contributed by atoms with Gasteiger partial charge in [0.25, 0.3) is 0 Å². The van der Waals surface area contributed by atoms with Crippen molar-refractivity contribution in [2.24, 2.45) is 0 Å². The largest absolute Gasteiger partial charge is 0.285 e. The van der Waals surface area contributed by atoms with Gasteiger partial charge in [-0.15, -0.1) is 0 Å². The summed E-state index contributed by atoms with van der Waals surface area (Å²) in [6.45, 7) is 8.54. The molecule has 0 fully saturated rings. The topological polar surface area (TPSA) is 44.9 Å². The predicted molar refractivity (Wildman–Crippen MR) is 68.4 cm³/mol. The van der Waals surface area contributed by atoms with Crippen LogP contribution >= 0.6 is 0 Å². The van der Waals surface area contributed by atoms with Crippen molar-refractivity contribution in [1.82, 2.24) is 14.7 Å². The van der Waals surface area contributed by atoms with Gasteiger partial charge in [0.2, 0.25) is 0 Å². The molecule has 4 nitrogen and oxygen atoms in total. The van der Waals surface area contributed by atoms with Gasteiger partial charge in [0.15, 0.2) is 0 Å². The van der Waals surface area contributed by atoms with E-state index in [4.69, 9.17) is 5.26 Å². The van der Waals surface area contributed by atoms with Gasteiger partial charge in [0.1, 0.15) is 0 Å². The molecule has 0 saturated heterocycles. The highest BCUT2D eigenvalue weighted by Gasteiger charge is 2.09. The lowest BCUT2D eigenvalue weighted by Crippen LogP contribution is -2.23. The second kappa shape index (κ2) is 7.08. The number of hydrogen-bond donors (Lipinski definition) is 0. The lowest BCUT2D eigenvalue weighted by Gasteiger charge is -2.15. The van der Waals surface area contributed by atoms with E-state index in [0.717, 1.165) is 31.6 Å². The summed E-state index contributed by atoms with van der Waals surface area (Å²) in [6.07, 6.45) is 4.26. The third kappa shape index (κ3) is 3.86. The average molecular weight is 234 g/mol. The molecule has 0 N–H and O–H groups in total. The van der Waals surface area contributed by atoms with E-state index in [1.54, 1.807) is 0 Å². The van der Waals surface area contributed by atoms with Crippen LogP contribution in [0.1, 0.15) is 45.3 Å². The molecule has 0 atom stereocenters. The molecule has 0 aromatic carbocycles. The quantitative estimate of drug-likeness (QED) is 0.681. The molecule has 0 aliphatic rings. The van der Waals surface area contributed by atoms with E-state index in [0.29, 0.717) is 12.6 Å². The zero-order valence-electron chi connectivity index (χ0n) is 11.1. The van der Waals surface area contributed by atoms with Gasteiger partial charge in [-0.3, -0.25) is 9.58 Å². The van der Waals surface area contributed by atoms with E-state index >= 15 is 0 Å². The summed E-state index contributed by atoms with van der Waals surface area (Å²) in [6, 6.07) is 4.73. The van der Waals surface area contributed by atoms with Crippen molar-refractivity contribution in [3.8, 4) is 6.07 Å². The van der Waals surface area contributed by atoms with E-state index in [2.05, 4.69) is 47.6 Å². The predicted octanol–water partition coefficient (Wildman–Crippen LogP) is 2.59. The van der Waals surface area contributed by atoms with Gasteiger partial charge >= 0.3 is 0 Å². The molecule has 4 heteroatoms. The molecular formula is C13H22N4. The summed E-state index contributed by atoms with van der Waals surface area (Å²) in [5.74, 6) is 0. The van der Waals surface area contributed by atoms with Gasteiger partial charge in [0.05, 0.1) is 24.3 Å². The summed E-state index contributed by atoms with van der Waals surface area (Å²) in [4.78, 5) is 2.08. The highest BCUT2D eigenvalue weighted by Crippen LogP contribution is 2.14. The summed E-state index contributed by atoms with van der Waals surface area (Å²) in [5.41, 5.74) is 1.05. The van der Waals surface area contributed by atoms with Crippen LogP contribution in [0.4, 0.5) is 0 Å². The van der Waals surface area contributed by atoms with E-state index in [1.807, 2.05) is 6.20 Å². The number of aromatic nitrogens is 2. The Morgan fingerprint density at radius 2 is 2.12 bits per heavy atom. The Bertz CT molecular complexity index is 360. The maximum absolute atomic E-state index is 8.70. The van der Waals surface area contributed by atoms with Crippen LogP contribution in [0.15, 0.2) is 12.3 Å². The zero-order valence-corrected chi connectivity index (χ0v) is 11.1. The van der Waals surface area contributed by atoms with Crippen LogP contribution in [0.5, 0.6) is 0 Å². The third-order valence-corrected chi connectivity index (χ3v) is 3.11. The van der Waals surface area contributed by atoms with E-state index in [-0.39, 0.29) is 0 Å². The van der Waals surface area contributed by atoms with Crippen molar-refractivity contribution in [2.45, 2.75) is 46.2 Å². The van der Waals surface area contributed by atoms with Crippen molar-refractivity contribution in [2.75, 3.05) is 13.1 Å². The van der Waals surface area contributed by atoms with E-state index in [1.165, 1.54) is 0 Å². The van der Waals surface area contributed by atoms with Crippen molar-refractivity contribution in [3.63, 3.8) is 0 Å². The van der Waals surface area contributed by atoms with E-state index < -0.39 is 0 Å². The minimum atomic E-state index is 0.467. The Labute approximate surface area is 104 Å². The van der Waals surface area contributed by atoms with Gasteiger partial charge < -0.3 is 0 Å². The summed E-state index contributed by atoms with van der Waals surface area (Å²) < 4.78 is 2.05. The second-order valence-corrected chi connectivity index (χ2v) is 4.22. The Morgan fingerprint density at radius 1 is 1.41 bits per heavy atom. The standard InChI is InChI=1S/C13H22N4/c1-4-13(5-2)17-9-7-12(15-17)11-16(6-3)10-8-14/h7,9,13H,4-6,10-11H2,1-3H3. The van der Waals surface area contributed by atoms with Gasteiger partial charge in [0, 0.05) is 12.7 Å². The van der Waals surface area contributed by atoms with Crippen LogP contribution in [0, 0.1) is 11.3 Å². The first-order valence-corrected chi connectivity index (χ1v) is 6.38. The average Bonchev–Trinajstić information content (AvgIpc) is 2.79. The Morgan fingerprint density at radius 3 is 2.65 bits per heavy atom. The minimum Gasteiger partial charge on any atom is -0.285 e. The number of nitrogens with zero attached hydrogens (tertiary/aromatic N) is 4. The highest BCUT2D eigenvalue weighted by molar-refractivity contribution is 5.00. The molecule has 0 unspecified atom stereocenters. The molecule has 1 aromatic rings. The van der Waals surface area contributed by atoms with Crippen LogP contribution in [-0.2, 0) is 6.54 Å². The van der Waals surface area contributed by atoms with Gasteiger partial charge in [-0.2, -0.15) is 10.4 Å². The fourth-order valence-corrected chi connectivity index (χ4v) is 1.94.